The van der Waals surface area contributed by atoms with E-state index in [1.54, 1.807) is 0 Å². The number of carboxylic acids is 1. The molecule has 120 valence electrons. The maximum Gasteiger partial charge on any atom is 0.371 e. The molecule has 7 heteroatoms. The highest BCUT2D eigenvalue weighted by Crippen LogP contribution is 2.24. The average Bonchev–Trinajstić information content (AvgIpc) is 2.93. The number of nitrogens with zero attached hydrogens (tertiary/aromatic N) is 2. The van der Waals surface area contributed by atoms with Crippen LogP contribution in [-0.4, -0.2) is 40.5 Å². The van der Waals surface area contributed by atoms with Crippen LogP contribution in [0, 0.1) is 10.1 Å². The molecule has 0 saturated heterocycles. The predicted octanol–water partition coefficient (Wildman–Crippen LogP) is 3.39. The number of non-ortho nitro benzene ring substituents is 1. The summed E-state index contributed by atoms with van der Waals surface area (Å²) in [4.78, 5) is 22.8. The highest BCUT2D eigenvalue weighted by Gasteiger charge is 2.13. The van der Waals surface area contributed by atoms with Crippen LogP contribution in [0.1, 0.15) is 31.3 Å². The van der Waals surface area contributed by atoms with Crippen LogP contribution >= 0.6 is 0 Å². The summed E-state index contributed by atoms with van der Waals surface area (Å²) in [6.45, 7) is 10.1. The number of carboxylic acid groups (broad SMARTS) is 1. The number of furan rings is 1. The number of hydrogen-bond acceptors (Lipinski definition) is 5. The van der Waals surface area contributed by atoms with Crippen molar-refractivity contribution in [2.24, 2.45) is 0 Å². The molecule has 0 saturated carbocycles. The molecule has 0 bridgehead atoms. The zero-order chi connectivity index (χ0) is 16.7. The zero-order valence-corrected chi connectivity index (χ0v) is 12.9. The van der Waals surface area contributed by atoms with E-state index in [-0.39, 0.29) is 11.4 Å². The molecule has 0 aliphatic carbocycles. The first-order valence-corrected chi connectivity index (χ1v) is 7.06. The fourth-order valence-electron chi connectivity index (χ4n) is 1.92. The lowest BCUT2D eigenvalue weighted by atomic mass is 10.2. The van der Waals surface area contributed by atoms with Gasteiger partial charge in [0.1, 0.15) is 5.58 Å². The topological polar surface area (TPSA) is 96.8 Å². The van der Waals surface area contributed by atoms with Crippen molar-refractivity contribution in [3.05, 3.63) is 40.1 Å². The fraction of sp³-hybridized carbons (Fsp3) is 0.400. The van der Waals surface area contributed by atoms with E-state index in [1.807, 2.05) is 0 Å². The SMILES string of the molecule is CCN(CC)CC.O=C(O)c1cc2cc([N+](=O)[O-])ccc2o1. The minimum Gasteiger partial charge on any atom is -0.475 e. The third-order valence-electron chi connectivity index (χ3n) is 3.26. The molecule has 1 aromatic carbocycles. The van der Waals surface area contributed by atoms with Crippen LogP contribution in [0.5, 0.6) is 0 Å². The van der Waals surface area contributed by atoms with Crippen molar-refractivity contribution in [1.29, 1.82) is 0 Å². The van der Waals surface area contributed by atoms with Gasteiger partial charge in [0.25, 0.3) is 5.69 Å². The summed E-state index contributed by atoms with van der Waals surface area (Å²) < 4.78 is 4.94. The Kier molecular flexibility index (Phi) is 6.52. The molecule has 0 amide bonds. The highest BCUT2D eigenvalue weighted by molar-refractivity contribution is 5.92. The molecular formula is C15H20N2O5. The molecule has 0 unspecified atom stereocenters. The van der Waals surface area contributed by atoms with Crippen LogP contribution in [0.3, 0.4) is 0 Å². The van der Waals surface area contributed by atoms with E-state index >= 15 is 0 Å². The molecule has 1 N–H and O–H groups in total. The fourth-order valence-corrected chi connectivity index (χ4v) is 1.92. The number of aromatic carboxylic acids is 1. The summed E-state index contributed by atoms with van der Waals surface area (Å²) in [5.41, 5.74) is 0.221. The van der Waals surface area contributed by atoms with Gasteiger partial charge in [0.05, 0.1) is 4.92 Å². The summed E-state index contributed by atoms with van der Waals surface area (Å²) in [5.74, 6) is -1.43. The zero-order valence-electron chi connectivity index (χ0n) is 12.9. The van der Waals surface area contributed by atoms with Gasteiger partial charge in [-0.05, 0) is 31.8 Å². The standard InChI is InChI=1S/C9H5NO5.C6H15N/c11-9(12)8-4-5-3-6(10(13)14)1-2-7(5)15-8;1-4-7(5-2)6-3/h1-4H,(H,11,12);4-6H2,1-3H3. The number of hydrogen-bond donors (Lipinski definition) is 1. The lowest BCUT2D eigenvalue weighted by molar-refractivity contribution is -0.384. The molecule has 0 radical (unpaired) electrons. The second-order valence-electron chi connectivity index (χ2n) is 4.51. The van der Waals surface area contributed by atoms with Crippen molar-refractivity contribution >= 4 is 22.6 Å². The summed E-state index contributed by atoms with van der Waals surface area (Å²) >= 11 is 0. The van der Waals surface area contributed by atoms with Gasteiger partial charge in [-0.1, -0.05) is 20.8 Å². The Hall–Kier alpha value is -2.41. The molecule has 2 rings (SSSR count). The van der Waals surface area contributed by atoms with E-state index in [2.05, 4.69) is 25.7 Å². The Morgan fingerprint density at radius 2 is 1.82 bits per heavy atom. The van der Waals surface area contributed by atoms with Gasteiger partial charge in [-0.25, -0.2) is 4.79 Å². The molecule has 1 heterocycles. The van der Waals surface area contributed by atoms with E-state index in [9.17, 15) is 14.9 Å². The molecule has 7 nitrogen and oxygen atoms in total. The largest absolute Gasteiger partial charge is 0.475 e. The van der Waals surface area contributed by atoms with Crippen molar-refractivity contribution in [2.75, 3.05) is 19.6 Å². The second-order valence-corrected chi connectivity index (χ2v) is 4.51. The van der Waals surface area contributed by atoms with Crippen molar-refractivity contribution in [2.45, 2.75) is 20.8 Å². The van der Waals surface area contributed by atoms with Gasteiger partial charge in [0.15, 0.2) is 0 Å². The van der Waals surface area contributed by atoms with Crippen molar-refractivity contribution < 1.29 is 19.2 Å². The number of rotatable bonds is 5. The number of fused-ring (bicyclic) bond motifs is 1. The predicted molar refractivity (Wildman–Crippen MR) is 83.3 cm³/mol. The van der Waals surface area contributed by atoms with Gasteiger partial charge in [0, 0.05) is 17.5 Å². The van der Waals surface area contributed by atoms with E-state index in [0.717, 1.165) is 0 Å². The van der Waals surface area contributed by atoms with E-state index in [4.69, 9.17) is 9.52 Å². The summed E-state index contributed by atoms with van der Waals surface area (Å²) in [5, 5.41) is 19.5. The van der Waals surface area contributed by atoms with Crippen molar-refractivity contribution in [3.8, 4) is 0 Å². The van der Waals surface area contributed by atoms with Gasteiger partial charge in [0.2, 0.25) is 5.76 Å². The molecule has 2 aromatic rings. The molecule has 0 aliphatic rings. The van der Waals surface area contributed by atoms with E-state index in [1.165, 1.54) is 43.9 Å². The van der Waals surface area contributed by atoms with Crippen LogP contribution in [-0.2, 0) is 0 Å². The Morgan fingerprint density at radius 3 is 2.23 bits per heavy atom. The van der Waals surface area contributed by atoms with Gasteiger partial charge in [-0.2, -0.15) is 0 Å². The van der Waals surface area contributed by atoms with Crippen LogP contribution in [0.25, 0.3) is 11.0 Å². The second kappa shape index (κ2) is 8.14. The van der Waals surface area contributed by atoms with Crippen LogP contribution < -0.4 is 0 Å². The number of benzene rings is 1. The molecule has 0 aliphatic heterocycles. The highest BCUT2D eigenvalue weighted by atomic mass is 16.6. The Labute approximate surface area is 128 Å². The minimum absolute atomic E-state index is 0.0970. The first kappa shape index (κ1) is 17.6. The molecule has 0 fully saturated rings. The van der Waals surface area contributed by atoms with Crippen LogP contribution in [0.15, 0.2) is 28.7 Å². The molecular weight excluding hydrogens is 288 g/mol. The number of carbonyl (C=O) groups is 1. The minimum atomic E-state index is -1.20. The maximum absolute atomic E-state index is 10.6. The lowest BCUT2D eigenvalue weighted by Crippen LogP contribution is -2.21. The molecule has 1 aromatic heterocycles. The Morgan fingerprint density at radius 1 is 1.23 bits per heavy atom. The number of nitro benzene ring substituents is 1. The van der Waals surface area contributed by atoms with Gasteiger partial charge >= 0.3 is 5.97 Å². The summed E-state index contributed by atoms with van der Waals surface area (Å²) in [7, 11) is 0. The van der Waals surface area contributed by atoms with Gasteiger partial charge in [-0.15, -0.1) is 0 Å². The smallest absolute Gasteiger partial charge is 0.371 e. The Bertz CT molecular complexity index is 629. The monoisotopic (exact) mass is 308 g/mol. The molecule has 0 atom stereocenters. The maximum atomic E-state index is 10.6. The van der Waals surface area contributed by atoms with Gasteiger partial charge < -0.3 is 14.4 Å². The first-order valence-electron chi connectivity index (χ1n) is 7.06. The van der Waals surface area contributed by atoms with E-state index in [0.29, 0.717) is 11.0 Å². The number of nitro groups is 1. The third kappa shape index (κ3) is 4.56. The quantitative estimate of drug-likeness (QED) is 0.671. The third-order valence-corrected chi connectivity index (χ3v) is 3.26. The molecule has 22 heavy (non-hydrogen) atoms. The first-order chi connectivity index (χ1) is 10.4. The van der Waals surface area contributed by atoms with Crippen LogP contribution in [0.2, 0.25) is 0 Å². The van der Waals surface area contributed by atoms with Crippen molar-refractivity contribution in [3.63, 3.8) is 0 Å². The molecule has 0 spiro atoms. The van der Waals surface area contributed by atoms with E-state index < -0.39 is 10.9 Å². The lowest BCUT2D eigenvalue weighted by Gasteiger charge is -2.13. The average molecular weight is 308 g/mol. The Balaban J connectivity index is 0.000000295. The summed E-state index contributed by atoms with van der Waals surface area (Å²) in [6, 6.07) is 5.16. The summed E-state index contributed by atoms with van der Waals surface area (Å²) in [6.07, 6.45) is 0. The van der Waals surface area contributed by atoms with Crippen molar-refractivity contribution in [1.82, 2.24) is 4.90 Å². The normalized spacial score (nSPS) is 10.4. The van der Waals surface area contributed by atoms with Crippen LogP contribution in [0.4, 0.5) is 5.69 Å². The van der Waals surface area contributed by atoms with Gasteiger partial charge in [-0.3, -0.25) is 10.1 Å².